The van der Waals surface area contributed by atoms with Gasteiger partial charge in [-0.15, -0.1) is 0 Å². The highest BCUT2D eigenvalue weighted by atomic mass is 79.9. The number of nitrogens with one attached hydrogen (secondary N) is 2. The molecule has 0 spiro atoms. The van der Waals surface area contributed by atoms with Crippen LogP contribution < -0.4 is 5.32 Å². The molecule has 16 heavy (non-hydrogen) atoms. The lowest BCUT2D eigenvalue weighted by atomic mass is 10.2. The monoisotopic (exact) mass is 275 g/mol. The van der Waals surface area contributed by atoms with Crippen molar-refractivity contribution < 1.29 is 0 Å². The molecule has 0 unspecified atom stereocenters. The van der Waals surface area contributed by atoms with Crippen LogP contribution in [0.15, 0.2) is 41.0 Å². The number of hydrogen-bond acceptors (Lipinski definition) is 2. The van der Waals surface area contributed by atoms with E-state index in [0.29, 0.717) is 12.1 Å². The second kappa shape index (κ2) is 4.86. The van der Waals surface area contributed by atoms with Crippen LogP contribution in [-0.4, -0.2) is 4.98 Å². The minimum absolute atomic E-state index is 0.648. The van der Waals surface area contributed by atoms with E-state index in [9.17, 15) is 0 Å². The van der Waals surface area contributed by atoms with Gasteiger partial charge in [-0.2, -0.15) is 5.26 Å². The van der Waals surface area contributed by atoms with Gasteiger partial charge >= 0.3 is 0 Å². The normalized spacial score (nSPS) is 9.75. The van der Waals surface area contributed by atoms with Crippen molar-refractivity contribution in [1.29, 1.82) is 5.26 Å². The van der Waals surface area contributed by atoms with Gasteiger partial charge in [0, 0.05) is 16.4 Å². The van der Waals surface area contributed by atoms with Crippen molar-refractivity contribution in [3.8, 4) is 6.07 Å². The largest absolute Gasteiger partial charge is 0.378 e. The van der Waals surface area contributed by atoms with Crippen molar-refractivity contribution in [3.05, 3.63) is 52.3 Å². The summed E-state index contributed by atoms with van der Waals surface area (Å²) in [7, 11) is 0. The predicted molar refractivity (Wildman–Crippen MR) is 67.0 cm³/mol. The van der Waals surface area contributed by atoms with Crippen molar-refractivity contribution in [2.45, 2.75) is 6.54 Å². The lowest BCUT2D eigenvalue weighted by Gasteiger charge is -2.07. The van der Waals surface area contributed by atoms with E-state index < -0.39 is 0 Å². The molecule has 2 aromatic rings. The first-order valence-electron chi connectivity index (χ1n) is 4.85. The number of hydrogen-bond donors (Lipinski definition) is 2. The van der Waals surface area contributed by atoms with Crippen LogP contribution in [0.25, 0.3) is 0 Å². The number of aromatic amines is 1. The number of rotatable bonds is 3. The second-order valence-corrected chi connectivity index (χ2v) is 4.27. The Morgan fingerprint density at radius 1 is 1.38 bits per heavy atom. The van der Waals surface area contributed by atoms with Crippen LogP contribution in [0.4, 0.5) is 5.69 Å². The molecule has 4 heteroatoms. The van der Waals surface area contributed by atoms with Crippen molar-refractivity contribution in [1.82, 2.24) is 4.98 Å². The number of anilines is 1. The molecular formula is C12H10BrN3. The van der Waals surface area contributed by atoms with E-state index in [-0.39, 0.29) is 0 Å². The van der Waals surface area contributed by atoms with Gasteiger partial charge in [0.1, 0.15) is 6.07 Å². The Morgan fingerprint density at radius 2 is 2.25 bits per heavy atom. The zero-order valence-electron chi connectivity index (χ0n) is 8.50. The van der Waals surface area contributed by atoms with Crippen LogP contribution >= 0.6 is 15.9 Å². The lowest BCUT2D eigenvalue weighted by Crippen LogP contribution is -2.01. The van der Waals surface area contributed by atoms with E-state index in [2.05, 4.69) is 32.3 Å². The molecule has 0 bridgehead atoms. The summed E-state index contributed by atoms with van der Waals surface area (Å²) in [6, 6.07) is 11.7. The number of benzene rings is 1. The molecule has 1 aromatic heterocycles. The summed E-state index contributed by atoms with van der Waals surface area (Å²) in [4.78, 5) is 3.10. The lowest BCUT2D eigenvalue weighted by molar-refractivity contribution is 1.07. The van der Waals surface area contributed by atoms with Gasteiger partial charge in [-0.25, -0.2) is 0 Å². The van der Waals surface area contributed by atoms with Crippen molar-refractivity contribution in [2.75, 3.05) is 5.32 Å². The highest BCUT2D eigenvalue weighted by Gasteiger charge is 2.02. The van der Waals surface area contributed by atoms with Crippen LogP contribution in [0.5, 0.6) is 0 Å². The molecule has 0 aliphatic heterocycles. The first kappa shape index (κ1) is 10.8. The highest BCUT2D eigenvalue weighted by molar-refractivity contribution is 9.10. The summed E-state index contributed by atoms with van der Waals surface area (Å²) in [6.45, 7) is 0.679. The van der Waals surface area contributed by atoms with Crippen molar-refractivity contribution >= 4 is 21.6 Å². The third kappa shape index (κ3) is 2.44. The molecule has 0 aliphatic rings. The van der Waals surface area contributed by atoms with Crippen molar-refractivity contribution in [2.24, 2.45) is 0 Å². The van der Waals surface area contributed by atoms with E-state index in [1.54, 1.807) is 6.07 Å². The van der Waals surface area contributed by atoms with Gasteiger partial charge in [0.25, 0.3) is 0 Å². The van der Waals surface area contributed by atoms with Crippen LogP contribution in [0.1, 0.15) is 11.3 Å². The Hall–Kier alpha value is -1.73. The molecule has 0 saturated carbocycles. The number of nitriles is 1. The maximum atomic E-state index is 8.95. The molecule has 0 fully saturated rings. The highest BCUT2D eigenvalue weighted by Crippen LogP contribution is 2.21. The quantitative estimate of drug-likeness (QED) is 0.904. The third-order valence-corrected chi connectivity index (χ3v) is 2.73. The minimum atomic E-state index is 0.648. The zero-order valence-corrected chi connectivity index (χ0v) is 10.1. The fourth-order valence-electron chi connectivity index (χ4n) is 1.43. The molecule has 2 N–H and O–H groups in total. The summed E-state index contributed by atoms with van der Waals surface area (Å²) in [5, 5.41) is 12.2. The third-order valence-electron chi connectivity index (χ3n) is 2.23. The molecule has 0 aliphatic carbocycles. The second-order valence-electron chi connectivity index (χ2n) is 3.35. The van der Waals surface area contributed by atoms with Crippen molar-refractivity contribution in [3.63, 3.8) is 0 Å². The van der Waals surface area contributed by atoms with Gasteiger partial charge in [0.05, 0.1) is 17.8 Å². The van der Waals surface area contributed by atoms with Gasteiger partial charge in [0.15, 0.2) is 0 Å². The van der Waals surface area contributed by atoms with E-state index in [1.807, 2.05) is 30.5 Å². The SMILES string of the molecule is N#Cc1ccc(Br)cc1NCc1ccc[nH]1. The number of nitrogens with zero attached hydrogens (tertiary/aromatic N) is 1. The number of H-pyrrole nitrogens is 1. The Bertz CT molecular complexity index is 512. The first-order chi connectivity index (χ1) is 7.79. The summed E-state index contributed by atoms with van der Waals surface area (Å²) in [6.07, 6.45) is 1.88. The number of aromatic nitrogens is 1. The van der Waals surface area contributed by atoms with Gasteiger partial charge < -0.3 is 10.3 Å². The van der Waals surface area contributed by atoms with Gasteiger partial charge in [-0.3, -0.25) is 0 Å². The van der Waals surface area contributed by atoms with E-state index >= 15 is 0 Å². The summed E-state index contributed by atoms with van der Waals surface area (Å²) < 4.78 is 0.959. The average Bonchev–Trinajstić information content (AvgIpc) is 2.79. The Balaban J connectivity index is 2.15. The fourth-order valence-corrected chi connectivity index (χ4v) is 1.79. The molecular weight excluding hydrogens is 266 g/mol. The van der Waals surface area contributed by atoms with Gasteiger partial charge in [-0.1, -0.05) is 15.9 Å². The Morgan fingerprint density at radius 3 is 2.94 bits per heavy atom. The minimum Gasteiger partial charge on any atom is -0.378 e. The van der Waals surface area contributed by atoms with Gasteiger partial charge in [0.2, 0.25) is 0 Å². The molecule has 0 amide bonds. The van der Waals surface area contributed by atoms with Crippen LogP contribution in [0.3, 0.4) is 0 Å². The van der Waals surface area contributed by atoms with Crippen LogP contribution in [-0.2, 0) is 6.54 Å². The Labute approximate surface area is 102 Å². The average molecular weight is 276 g/mol. The molecule has 0 radical (unpaired) electrons. The molecule has 1 heterocycles. The summed E-state index contributed by atoms with van der Waals surface area (Å²) >= 11 is 3.39. The molecule has 0 saturated heterocycles. The molecule has 1 aromatic carbocycles. The van der Waals surface area contributed by atoms with E-state index in [0.717, 1.165) is 15.9 Å². The number of halogens is 1. The first-order valence-corrected chi connectivity index (χ1v) is 5.64. The van der Waals surface area contributed by atoms with E-state index in [1.165, 1.54) is 0 Å². The van der Waals surface area contributed by atoms with Crippen LogP contribution in [0.2, 0.25) is 0 Å². The maximum absolute atomic E-state index is 8.95. The Kier molecular flexibility index (Phi) is 3.28. The maximum Gasteiger partial charge on any atom is 0.101 e. The van der Waals surface area contributed by atoms with Crippen LogP contribution in [0, 0.1) is 11.3 Å². The molecule has 2 rings (SSSR count). The summed E-state index contributed by atoms with van der Waals surface area (Å²) in [5.74, 6) is 0. The standard InChI is InChI=1S/C12H10BrN3/c13-10-4-3-9(7-14)12(6-10)16-8-11-2-1-5-15-11/h1-6,15-16H,8H2. The smallest absolute Gasteiger partial charge is 0.101 e. The molecule has 0 atom stereocenters. The zero-order chi connectivity index (χ0) is 11.4. The van der Waals surface area contributed by atoms with Gasteiger partial charge in [-0.05, 0) is 30.3 Å². The molecule has 3 nitrogen and oxygen atoms in total. The van der Waals surface area contributed by atoms with E-state index in [4.69, 9.17) is 5.26 Å². The fraction of sp³-hybridized carbons (Fsp3) is 0.0833. The summed E-state index contributed by atoms with van der Waals surface area (Å²) in [5.41, 5.74) is 2.57. The topological polar surface area (TPSA) is 51.6 Å². The predicted octanol–water partition coefficient (Wildman–Crippen LogP) is 3.26. The molecule has 80 valence electrons.